The molecule has 0 aliphatic heterocycles. The smallest absolute Gasteiger partial charge is 0.322 e. The van der Waals surface area contributed by atoms with Crippen LogP contribution in [0.2, 0.25) is 0 Å². The molecule has 3 heterocycles. The molecule has 3 aromatic heterocycles. The Balaban J connectivity index is 1.71. The van der Waals surface area contributed by atoms with Crippen molar-refractivity contribution in [2.75, 3.05) is 11.5 Å². The summed E-state index contributed by atoms with van der Waals surface area (Å²) in [5.41, 5.74) is 16.6. The van der Waals surface area contributed by atoms with Crippen LogP contribution in [0.25, 0.3) is 28.0 Å². The second-order valence-corrected chi connectivity index (χ2v) is 7.60. The lowest BCUT2D eigenvalue weighted by molar-refractivity contribution is 0.283. The van der Waals surface area contributed by atoms with Crippen molar-refractivity contribution in [3.8, 4) is 28.7 Å². The monoisotopic (exact) mass is 457 g/mol. The number of aromatic nitrogens is 5. The molecular weight excluding hydrogens is 437 g/mol. The van der Waals surface area contributed by atoms with E-state index in [1.54, 1.807) is 35.8 Å². The Morgan fingerprint density at radius 3 is 2.53 bits per heavy atom. The number of fused-ring (bicyclic) bond motifs is 1. The van der Waals surface area contributed by atoms with E-state index in [0.29, 0.717) is 39.4 Å². The van der Waals surface area contributed by atoms with E-state index in [2.05, 4.69) is 19.9 Å². The molecular formula is C24H20FN7O2. The minimum Gasteiger partial charge on any atom is -0.421 e. The van der Waals surface area contributed by atoms with Crippen LogP contribution in [0.5, 0.6) is 11.8 Å². The van der Waals surface area contributed by atoms with Gasteiger partial charge in [-0.25, -0.2) is 24.3 Å². The largest absolute Gasteiger partial charge is 0.421 e. The molecule has 0 atom stereocenters. The van der Waals surface area contributed by atoms with E-state index in [-0.39, 0.29) is 24.2 Å². The first-order valence-electron chi connectivity index (χ1n) is 10.3. The zero-order valence-corrected chi connectivity index (χ0v) is 18.1. The molecule has 9 nitrogen and oxygen atoms in total. The highest BCUT2D eigenvalue weighted by atomic mass is 19.1. The average Bonchev–Trinajstić information content (AvgIpc) is 3.16. The van der Waals surface area contributed by atoms with Gasteiger partial charge in [-0.05, 0) is 42.8 Å². The fourth-order valence-corrected chi connectivity index (χ4v) is 3.83. The molecule has 0 unspecified atom stereocenters. The van der Waals surface area contributed by atoms with E-state index in [0.717, 1.165) is 5.56 Å². The van der Waals surface area contributed by atoms with Gasteiger partial charge in [0, 0.05) is 34.9 Å². The van der Waals surface area contributed by atoms with Crippen LogP contribution in [0.1, 0.15) is 11.3 Å². The maximum atomic E-state index is 15.2. The van der Waals surface area contributed by atoms with Crippen molar-refractivity contribution in [2.45, 2.75) is 13.5 Å². The topological polar surface area (TPSA) is 138 Å². The summed E-state index contributed by atoms with van der Waals surface area (Å²) in [5.74, 6) is -0.476. The molecule has 0 saturated heterocycles. The number of halogens is 1. The summed E-state index contributed by atoms with van der Waals surface area (Å²) < 4.78 is 22.4. The lowest BCUT2D eigenvalue weighted by atomic mass is 10.1. The van der Waals surface area contributed by atoms with E-state index >= 15 is 4.39 Å². The molecule has 0 amide bonds. The van der Waals surface area contributed by atoms with Crippen LogP contribution in [0.4, 0.5) is 15.9 Å². The lowest BCUT2D eigenvalue weighted by Crippen LogP contribution is -2.03. The van der Waals surface area contributed by atoms with Crippen LogP contribution < -0.4 is 16.2 Å². The maximum Gasteiger partial charge on any atom is 0.322 e. The minimum absolute atomic E-state index is 0.0357. The third-order valence-corrected chi connectivity index (χ3v) is 5.36. The number of nitrogens with zero attached hydrogens (tertiary/aromatic N) is 5. The van der Waals surface area contributed by atoms with Crippen molar-refractivity contribution < 1.29 is 14.2 Å². The maximum absolute atomic E-state index is 15.2. The Kier molecular flexibility index (Phi) is 5.27. The summed E-state index contributed by atoms with van der Waals surface area (Å²) in [7, 11) is 0. The Bertz CT molecular complexity index is 1520. The molecule has 0 radical (unpaired) electrons. The number of hydrogen-bond acceptors (Lipinski definition) is 8. The summed E-state index contributed by atoms with van der Waals surface area (Å²) in [6, 6.07) is 13.3. The van der Waals surface area contributed by atoms with Crippen molar-refractivity contribution in [1.29, 1.82) is 0 Å². The van der Waals surface area contributed by atoms with Crippen LogP contribution in [-0.4, -0.2) is 29.6 Å². The number of aliphatic hydroxyl groups excluding tert-OH is 1. The van der Waals surface area contributed by atoms with Gasteiger partial charge in [0.05, 0.1) is 12.3 Å². The van der Waals surface area contributed by atoms with Crippen molar-refractivity contribution >= 4 is 22.5 Å². The number of benzene rings is 2. The number of aliphatic hydroxyl groups is 1. The minimum atomic E-state index is -0.631. The number of rotatable bonds is 5. The SMILES string of the molecule is Cc1ccnc(Oc2ccc(-n3c(-c4ccc(N)cc4)c(CO)c4ncnc(N)c43)cc2F)n1. The van der Waals surface area contributed by atoms with Crippen molar-refractivity contribution in [2.24, 2.45) is 0 Å². The van der Waals surface area contributed by atoms with Crippen molar-refractivity contribution in [1.82, 2.24) is 24.5 Å². The zero-order valence-electron chi connectivity index (χ0n) is 18.1. The third-order valence-electron chi connectivity index (χ3n) is 5.36. The Labute approximate surface area is 193 Å². The van der Waals surface area contributed by atoms with Gasteiger partial charge in [0.2, 0.25) is 0 Å². The van der Waals surface area contributed by atoms with Crippen molar-refractivity contribution in [3.05, 3.63) is 78.1 Å². The van der Waals surface area contributed by atoms with Crippen LogP contribution in [-0.2, 0) is 6.61 Å². The molecule has 0 spiro atoms. The second-order valence-electron chi connectivity index (χ2n) is 7.60. The first-order valence-corrected chi connectivity index (χ1v) is 10.3. The summed E-state index contributed by atoms with van der Waals surface area (Å²) in [5, 5.41) is 10.2. The normalized spacial score (nSPS) is 11.1. The molecule has 0 aliphatic carbocycles. The summed E-state index contributed by atoms with van der Waals surface area (Å²) in [6.07, 6.45) is 2.86. The molecule has 0 aliphatic rings. The molecule has 170 valence electrons. The fraction of sp³-hybridized carbons (Fsp3) is 0.0833. The fourth-order valence-electron chi connectivity index (χ4n) is 3.83. The Morgan fingerprint density at radius 2 is 1.82 bits per heavy atom. The molecule has 0 fully saturated rings. The first-order chi connectivity index (χ1) is 16.5. The molecule has 5 rings (SSSR count). The number of aryl methyl sites for hydroxylation is 1. The second kappa shape index (κ2) is 8.41. The molecule has 0 saturated carbocycles. The average molecular weight is 457 g/mol. The number of anilines is 2. The number of hydrogen-bond donors (Lipinski definition) is 3. The molecule has 0 bridgehead atoms. The van der Waals surface area contributed by atoms with E-state index in [4.69, 9.17) is 16.2 Å². The van der Waals surface area contributed by atoms with Gasteiger partial charge in [-0.2, -0.15) is 0 Å². The molecule has 34 heavy (non-hydrogen) atoms. The zero-order chi connectivity index (χ0) is 23.8. The predicted molar refractivity (Wildman–Crippen MR) is 126 cm³/mol. The standard InChI is InChI=1S/C24H20FN7O2/c1-13-8-9-28-24(31-13)34-19-7-6-16(10-18(19)25)32-21(14-2-4-15(26)5-3-14)17(11-33)20-22(32)23(27)30-12-29-20/h2-10,12,33H,11,26H2,1H3,(H2,27,29,30). The van der Waals surface area contributed by atoms with Gasteiger partial charge in [-0.1, -0.05) is 12.1 Å². The molecule has 5 aromatic rings. The first kappa shape index (κ1) is 21.3. The summed E-state index contributed by atoms with van der Waals surface area (Å²) in [6.45, 7) is 1.48. The van der Waals surface area contributed by atoms with Crippen LogP contribution >= 0.6 is 0 Å². The van der Waals surface area contributed by atoms with E-state index in [1.165, 1.54) is 24.7 Å². The summed E-state index contributed by atoms with van der Waals surface area (Å²) in [4.78, 5) is 16.6. The van der Waals surface area contributed by atoms with E-state index in [1.807, 2.05) is 12.1 Å². The molecule has 5 N–H and O–H groups in total. The predicted octanol–water partition coefficient (Wildman–Crippen LogP) is 3.77. The van der Waals surface area contributed by atoms with Crippen LogP contribution in [0, 0.1) is 12.7 Å². The van der Waals surface area contributed by atoms with E-state index < -0.39 is 5.82 Å². The van der Waals surface area contributed by atoms with Gasteiger partial charge in [0.1, 0.15) is 17.4 Å². The van der Waals surface area contributed by atoms with Crippen LogP contribution in [0.3, 0.4) is 0 Å². The highest BCUT2D eigenvalue weighted by Gasteiger charge is 2.23. The van der Waals surface area contributed by atoms with Gasteiger partial charge in [0.25, 0.3) is 0 Å². The van der Waals surface area contributed by atoms with E-state index in [9.17, 15) is 5.11 Å². The lowest BCUT2D eigenvalue weighted by Gasteiger charge is -2.14. The van der Waals surface area contributed by atoms with Gasteiger partial charge in [-0.15, -0.1) is 0 Å². The molecule has 2 aromatic carbocycles. The highest BCUT2D eigenvalue weighted by Crippen LogP contribution is 2.38. The number of nitrogen functional groups attached to an aromatic ring is 2. The summed E-state index contributed by atoms with van der Waals surface area (Å²) >= 11 is 0. The van der Waals surface area contributed by atoms with Gasteiger partial charge >= 0.3 is 6.01 Å². The van der Waals surface area contributed by atoms with Gasteiger partial charge in [-0.3, -0.25) is 0 Å². The Hall–Kier alpha value is -4.57. The number of ether oxygens (including phenoxy) is 1. The van der Waals surface area contributed by atoms with Gasteiger partial charge < -0.3 is 25.9 Å². The van der Waals surface area contributed by atoms with Crippen LogP contribution in [0.15, 0.2) is 61.1 Å². The van der Waals surface area contributed by atoms with Gasteiger partial charge in [0.15, 0.2) is 17.4 Å². The third kappa shape index (κ3) is 3.65. The Morgan fingerprint density at radius 1 is 1.03 bits per heavy atom. The highest BCUT2D eigenvalue weighted by molar-refractivity contribution is 5.96. The molecule has 10 heteroatoms. The number of nitrogens with two attached hydrogens (primary N) is 2. The quantitative estimate of drug-likeness (QED) is 0.339. The van der Waals surface area contributed by atoms with Crippen molar-refractivity contribution in [3.63, 3.8) is 0 Å².